The first-order chi connectivity index (χ1) is 19.0. The largest absolute Gasteiger partial charge is 0.359 e. The summed E-state index contributed by atoms with van der Waals surface area (Å²) in [4.78, 5) is 33.5. The van der Waals surface area contributed by atoms with E-state index in [1.165, 1.54) is 4.90 Å². The standard InChI is InChI=1S/C33H24N4O2/c1-20-15-17-22(18-16-20)37-32(38)24-10-4-3-9-23(24)27(33(37)39)19-34-30-26-12-6-8-14-29(26)36-21(2)35-28-13-7-5-11-25(28)31(30)36/h3-19,34H,1-2H3. The minimum Gasteiger partial charge on any atom is -0.359 e. The Morgan fingerprint density at radius 3 is 2.18 bits per heavy atom. The van der Waals surface area contributed by atoms with E-state index in [9.17, 15) is 9.59 Å². The number of benzene rings is 4. The molecule has 1 aliphatic rings. The predicted octanol–water partition coefficient (Wildman–Crippen LogP) is 6.90. The van der Waals surface area contributed by atoms with Crippen LogP contribution in [0.1, 0.15) is 27.3 Å². The highest BCUT2D eigenvalue weighted by Gasteiger charge is 2.36. The van der Waals surface area contributed by atoms with Gasteiger partial charge in [-0.05, 0) is 44.2 Å². The Bertz CT molecular complexity index is 2000. The minimum absolute atomic E-state index is 0.330. The number of anilines is 2. The van der Waals surface area contributed by atoms with Crippen LogP contribution in [0.15, 0.2) is 103 Å². The lowest BCUT2D eigenvalue weighted by Gasteiger charge is -2.28. The summed E-state index contributed by atoms with van der Waals surface area (Å²) in [5.74, 6) is 0.172. The lowest BCUT2D eigenvalue weighted by molar-refractivity contribution is -0.112. The van der Waals surface area contributed by atoms with E-state index in [-0.39, 0.29) is 11.8 Å². The van der Waals surface area contributed by atoms with Crippen molar-refractivity contribution in [2.45, 2.75) is 13.8 Å². The molecule has 6 aromatic rings. The molecular formula is C33H24N4O2. The average Bonchev–Trinajstić information content (AvgIpc) is 3.29. The number of amides is 2. The summed E-state index contributed by atoms with van der Waals surface area (Å²) in [6.07, 6.45) is 1.74. The summed E-state index contributed by atoms with van der Waals surface area (Å²) in [6, 6.07) is 30.9. The SMILES string of the molecule is Cc1ccc(N2C(=O)C(=CNc3c4ccccc4n4c(C)nc5ccccc5c34)c3ccccc3C2=O)cc1. The quantitative estimate of drug-likeness (QED) is 0.209. The Morgan fingerprint density at radius 2 is 1.38 bits per heavy atom. The van der Waals surface area contributed by atoms with Crippen LogP contribution in [0.2, 0.25) is 0 Å². The molecule has 0 spiro atoms. The van der Waals surface area contributed by atoms with Crippen LogP contribution in [0.3, 0.4) is 0 Å². The van der Waals surface area contributed by atoms with Crippen LogP contribution in [0, 0.1) is 13.8 Å². The summed E-state index contributed by atoms with van der Waals surface area (Å²) >= 11 is 0. The van der Waals surface area contributed by atoms with Gasteiger partial charge in [0.05, 0.1) is 33.5 Å². The molecule has 39 heavy (non-hydrogen) atoms. The predicted molar refractivity (Wildman–Crippen MR) is 156 cm³/mol. The number of hydrogen-bond donors (Lipinski definition) is 1. The first-order valence-corrected chi connectivity index (χ1v) is 12.8. The van der Waals surface area contributed by atoms with Crippen LogP contribution in [-0.2, 0) is 4.79 Å². The molecule has 0 radical (unpaired) electrons. The fraction of sp³-hybridized carbons (Fsp3) is 0.0606. The fourth-order valence-corrected chi connectivity index (χ4v) is 5.54. The number of rotatable bonds is 3. The Balaban J connectivity index is 1.45. The van der Waals surface area contributed by atoms with E-state index in [0.717, 1.165) is 44.4 Å². The third-order valence-electron chi connectivity index (χ3n) is 7.38. The second kappa shape index (κ2) is 8.67. The normalized spacial score (nSPS) is 14.5. The monoisotopic (exact) mass is 508 g/mol. The van der Waals surface area contributed by atoms with Gasteiger partial charge in [-0.2, -0.15) is 0 Å². The molecule has 2 aromatic heterocycles. The molecule has 0 saturated carbocycles. The number of nitrogens with one attached hydrogen (secondary N) is 1. The van der Waals surface area contributed by atoms with Crippen LogP contribution >= 0.6 is 0 Å². The molecule has 188 valence electrons. The maximum Gasteiger partial charge on any atom is 0.267 e. The Hall–Kier alpha value is -5.23. The number of aromatic nitrogens is 2. The first-order valence-electron chi connectivity index (χ1n) is 12.8. The summed E-state index contributed by atoms with van der Waals surface area (Å²) in [7, 11) is 0. The van der Waals surface area contributed by atoms with Crippen LogP contribution in [-0.4, -0.2) is 21.2 Å². The molecule has 3 heterocycles. The average molecular weight is 509 g/mol. The van der Waals surface area contributed by atoms with Gasteiger partial charge in [-0.15, -0.1) is 0 Å². The van der Waals surface area contributed by atoms with Crippen molar-refractivity contribution in [1.82, 2.24) is 9.38 Å². The van der Waals surface area contributed by atoms with Crippen molar-refractivity contribution in [2.24, 2.45) is 0 Å². The maximum absolute atomic E-state index is 13.9. The lowest BCUT2D eigenvalue weighted by Crippen LogP contribution is -2.42. The number of nitrogens with zero attached hydrogens (tertiary/aromatic N) is 3. The van der Waals surface area contributed by atoms with Crippen molar-refractivity contribution >= 4 is 56.1 Å². The van der Waals surface area contributed by atoms with Gasteiger partial charge in [-0.25, -0.2) is 9.88 Å². The van der Waals surface area contributed by atoms with Crippen molar-refractivity contribution in [2.75, 3.05) is 10.2 Å². The number of aryl methyl sites for hydroxylation is 2. The third-order valence-corrected chi connectivity index (χ3v) is 7.38. The topological polar surface area (TPSA) is 66.7 Å². The third kappa shape index (κ3) is 3.45. The Kier molecular flexibility index (Phi) is 5.10. The number of carbonyl (C=O) groups is 2. The summed E-state index contributed by atoms with van der Waals surface area (Å²) in [5, 5.41) is 5.52. The van der Waals surface area contributed by atoms with Gasteiger partial charge in [0.2, 0.25) is 0 Å². The van der Waals surface area contributed by atoms with Gasteiger partial charge >= 0.3 is 0 Å². The molecule has 4 aromatic carbocycles. The van der Waals surface area contributed by atoms with Crippen LogP contribution in [0.4, 0.5) is 11.4 Å². The molecule has 0 unspecified atom stereocenters. The zero-order chi connectivity index (χ0) is 26.7. The smallest absolute Gasteiger partial charge is 0.267 e. The van der Waals surface area contributed by atoms with E-state index in [4.69, 9.17) is 4.98 Å². The molecule has 0 saturated heterocycles. The van der Waals surface area contributed by atoms with Gasteiger partial charge in [-0.3, -0.25) is 14.0 Å². The highest BCUT2D eigenvalue weighted by atomic mass is 16.2. The van der Waals surface area contributed by atoms with Gasteiger partial charge in [0.25, 0.3) is 11.8 Å². The molecule has 6 nitrogen and oxygen atoms in total. The van der Waals surface area contributed by atoms with Crippen LogP contribution < -0.4 is 10.2 Å². The molecule has 0 fully saturated rings. The molecule has 1 N–H and O–H groups in total. The molecule has 0 aliphatic carbocycles. The molecular weight excluding hydrogens is 484 g/mol. The van der Waals surface area contributed by atoms with E-state index < -0.39 is 0 Å². The molecule has 7 rings (SSSR count). The van der Waals surface area contributed by atoms with E-state index >= 15 is 0 Å². The Morgan fingerprint density at radius 1 is 0.718 bits per heavy atom. The second-order valence-corrected chi connectivity index (χ2v) is 9.78. The fourth-order valence-electron chi connectivity index (χ4n) is 5.54. The van der Waals surface area contributed by atoms with Crippen LogP contribution in [0.5, 0.6) is 0 Å². The molecule has 0 atom stereocenters. The van der Waals surface area contributed by atoms with Gasteiger partial charge in [0, 0.05) is 28.1 Å². The summed E-state index contributed by atoms with van der Waals surface area (Å²) in [6.45, 7) is 3.97. The first kappa shape index (κ1) is 22.9. The van der Waals surface area contributed by atoms with Gasteiger partial charge in [-0.1, -0.05) is 72.3 Å². The number of imide groups is 1. The highest BCUT2D eigenvalue weighted by molar-refractivity contribution is 6.41. The van der Waals surface area contributed by atoms with Gasteiger partial charge < -0.3 is 5.32 Å². The zero-order valence-corrected chi connectivity index (χ0v) is 21.5. The number of para-hydroxylation sites is 2. The maximum atomic E-state index is 13.9. The van der Waals surface area contributed by atoms with Crippen molar-refractivity contribution in [1.29, 1.82) is 0 Å². The zero-order valence-electron chi connectivity index (χ0n) is 21.5. The second-order valence-electron chi connectivity index (χ2n) is 9.78. The van der Waals surface area contributed by atoms with Crippen molar-refractivity contribution in [3.8, 4) is 0 Å². The molecule has 1 aliphatic heterocycles. The van der Waals surface area contributed by atoms with E-state index in [1.54, 1.807) is 24.4 Å². The van der Waals surface area contributed by atoms with E-state index in [1.807, 2.05) is 74.5 Å². The van der Waals surface area contributed by atoms with E-state index in [2.05, 4.69) is 27.9 Å². The van der Waals surface area contributed by atoms with Crippen LogP contribution in [0.25, 0.3) is 32.9 Å². The van der Waals surface area contributed by atoms with Crippen molar-refractivity contribution in [3.05, 3.63) is 126 Å². The minimum atomic E-state index is -0.370. The number of hydrogen-bond acceptors (Lipinski definition) is 4. The number of fused-ring (bicyclic) bond motifs is 6. The summed E-state index contributed by atoms with van der Waals surface area (Å²) in [5.41, 5.74) is 6.91. The molecule has 2 amide bonds. The lowest BCUT2D eigenvalue weighted by atomic mass is 9.93. The van der Waals surface area contributed by atoms with Gasteiger partial charge in [0.1, 0.15) is 5.82 Å². The molecule has 6 heteroatoms. The van der Waals surface area contributed by atoms with Crippen molar-refractivity contribution < 1.29 is 9.59 Å². The Labute approximate surface area is 224 Å². The highest BCUT2D eigenvalue weighted by Crippen LogP contribution is 2.38. The van der Waals surface area contributed by atoms with E-state index in [0.29, 0.717) is 22.4 Å². The van der Waals surface area contributed by atoms with Gasteiger partial charge in [0.15, 0.2) is 0 Å². The van der Waals surface area contributed by atoms with Crippen molar-refractivity contribution in [3.63, 3.8) is 0 Å². The molecule has 0 bridgehead atoms. The summed E-state index contributed by atoms with van der Waals surface area (Å²) < 4.78 is 2.15. The number of carbonyl (C=O) groups excluding carboxylic acids is 2.